The first-order valence-electron chi connectivity index (χ1n) is 8.52. The number of nitrogens with one attached hydrogen (secondary N) is 2. The van der Waals surface area contributed by atoms with Crippen LogP contribution in [0.2, 0.25) is 0 Å². The minimum absolute atomic E-state index is 0.307. The third-order valence-corrected chi connectivity index (χ3v) is 4.51. The highest BCUT2D eigenvalue weighted by Gasteiger charge is 2.26. The zero-order valence-corrected chi connectivity index (χ0v) is 14.0. The van der Waals surface area contributed by atoms with Crippen molar-refractivity contribution in [2.45, 2.75) is 45.2 Å². The molecule has 0 radical (unpaired) electrons. The van der Waals surface area contributed by atoms with Gasteiger partial charge in [-0.15, -0.1) is 0 Å². The van der Waals surface area contributed by atoms with Crippen LogP contribution in [0.25, 0.3) is 0 Å². The summed E-state index contributed by atoms with van der Waals surface area (Å²) in [6.07, 6.45) is 3.84. The Bertz CT molecular complexity index is 760. The topological polar surface area (TPSA) is 88.1 Å². The van der Waals surface area contributed by atoms with Gasteiger partial charge in [0.1, 0.15) is 17.4 Å². The second-order valence-corrected chi connectivity index (χ2v) is 6.59. The molecule has 4 rings (SSSR count). The van der Waals surface area contributed by atoms with Crippen LogP contribution in [-0.4, -0.2) is 45.1 Å². The molecule has 0 saturated carbocycles. The minimum Gasteiger partial charge on any atom is -0.381 e. The van der Waals surface area contributed by atoms with Crippen LogP contribution in [0.1, 0.15) is 55.4 Å². The van der Waals surface area contributed by atoms with Gasteiger partial charge in [-0.05, 0) is 24.5 Å². The Morgan fingerprint density at radius 1 is 1.29 bits per heavy atom. The van der Waals surface area contributed by atoms with Crippen LogP contribution in [0.4, 0.5) is 5.82 Å². The quantitative estimate of drug-likeness (QED) is 0.900. The first kappa shape index (κ1) is 15.3. The fraction of sp³-hybridized carbons (Fsp3) is 0.529. The second-order valence-electron chi connectivity index (χ2n) is 6.59. The van der Waals surface area contributed by atoms with Gasteiger partial charge >= 0.3 is 0 Å². The van der Waals surface area contributed by atoms with E-state index in [1.807, 2.05) is 12.3 Å². The average molecular weight is 326 g/mol. The van der Waals surface area contributed by atoms with Crippen LogP contribution < -0.4 is 5.32 Å². The van der Waals surface area contributed by atoms with E-state index in [4.69, 9.17) is 4.74 Å². The normalized spacial score (nSPS) is 17.9. The Morgan fingerprint density at radius 3 is 2.88 bits per heavy atom. The maximum atomic E-state index is 5.44. The first-order valence-corrected chi connectivity index (χ1v) is 8.52. The van der Waals surface area contributed by atoms with Crippen LogP contribution in [0.5, 0.6) is 0 Å². The number of ether oxygens (including phenoxy) is 1. The molecule has 0 atom stereocenters. The molecule has 0 aliphatic carbocycles. The molecule has 4 heterocycles. The summed E-state index contributed by atoms with van der Waals surface area (Å²) in [6, 6.07) is 2.41. The van der Waals surface area contributed by atoms with Crippen molar-refractivity contribution < 1.29 is 4.74 Å². The number of hydrogen-bond donors (Lipinski definition) is 2. The Kier molecular flexibility index (Phi) is 4.02. The van der Waals surface area contributed by atoms with Crippen LogP contribution in [0.3, 0.4) is 0 Å². The van der Waals surface area contributed by atoms with Crippen molar-refractivity contribution in [3.63, 3.8) is 0 Å². The van der Waals surface area contributed by atoms with E-state index in [0.717, 1.165) is 49.0 Å². The van der Waals surface area contributed by atoms with Gasteiger partial charge in [-0.25, -0.2) is 9.97 Å². The third kappa shape index (κ3) is 2.80. The average Bonchev–Trinajstić information content (AvgIpc) is 3.23. The summed E-state index contributed by atoms with van der Waals surface area (Å²) >= 11 is 0. The molecule has 2 N–H and O–H groups in total. The smallest absolute Gasteiger partial charge is 0.200 e. The van der Waals surface area contributed by atoms with Gasteiger partial charge in [0.05, 0.1) is 12.1 Å². The molecule has 7 nitrogen and oxygen atoms in total. The molecule has 2 aliphatic rings. The molecule has 2 aromatic rings. The monoisotopic (exact) mass is 326 g/mol. The lowest BCUT2D eigenvalue weighted by Gasteiger charge is -2.24. The molecule has 7 heteroatoms. The van der Waals surface area contributed by atoms with E-state index in [0.29, 0.717) is 24.3 Å². The molecule has 24 heavy (non-hydrogen) atoms. The van der Waals surface area contributed by atoms with E-state index < -0.39 is 0 Å². The number of rotatable bonds is 4. The van der Waals surface area contributed by atoms with Crippen LogP contribution in [0.15, 0.2) is 17.3 Å². The van der Waals surface area contributed by atoms with Crippen LogP contribution in [0, 0.1) is 0 Å². The predicted octanol–water partition coefficient (Wildman–Crippen LogP) is 2.26. The van der Waals surface area contributed by atoms with Crippen molar-refractivity contribution in [3.05, 3.63) is 35.0 Å². The van der Waals surface area contributed by atoms with Gasteiger partial charge < -0.3 is 10.1 Å². The first-order chi connectivity index (χ1) is 11.7. The lowest BCUT2D eigenvalue weighted by atomic mass is 10.0. The number of hydrogen-bond acceptors (Lipinski definition) is 6. The number of aliphatic imine (C=N–C) groups is 1. The molecular formula is C17H22N6O. The van der Waals surface area contributed by atoms with Gasteiger partial charge in [-0.1, -0.05) is 13.8 Å². The molecule has 1 fully saturated rings. The maximum Gasteiger partial charge on any atom is 0.200 e. The zero-order chi connectivity index (χ0) is 16.5. The molecule has 0 unspecified atom stereocenters. The van der Waals surface area contributed by atoms with Crippen LogP contribution in [-0.2, 0) is 11.3 Å². The van der Waals surface area contributed by atoms with E-state index >= 15 is 0 Å². The Morgan fingerprint density at radius 2 is 2.12 bits per heavy atom. The van der Waals surface area contributed by atoms with Gasteiger partial charge in [-0.2, -0.15) is 5.10 Å². The molecule has 0 aromatic carbocycles. The Labute approximate surface area is 141 Å². The van der Waals surface area contributed by atoms with E-state index in [9.17, 15) is 0 Å². The third-order valence-electron chi connectivity index (χ3n) is 4.51. The number of pyridine rings is 1. The molecule has 126 valence electrons. The molecule has 0 spiro atoms. The highest BCUT2D eigenvalue weighted by Crippen LogP contribution is 2.28. The van der Waals surface area contributed by atoms with Gasteiger partial charge in [-0.3, -0.25) is 10.1 Å². The number of fused-ring (bicyclic) bond motifs is 1. The molecule has 1 saturated heterocycles. The largest absolute Gasteiger partial charge is 0.381 e. The van der Waals surface area contributed by atoms with E-state index in [1.54, 1.807) is 0 Å². The summed E-state index contributed by atoms with van der Waals surface area (Å²) in [4.78, 5) is 13.8. The lowest BCUT2D eigenvalue weighted by molar-refractivity contribution is 0.0904. The van der Waals surface area contributed by atoms with Gasteiger partial charge in [0.25, 0.3) is 0 Å². The SMILES string of the molecule is CC(C)c1nc(C2=NCc3ccnc(NC4CCOCC4)c32)n[nH]1. The lowest BCUT2D eigenvalue weighted by Crippen LogP contribution is -2.29. The maximum absolute atomic E-state index is 5.44. The van der Waals surface area contributed by atoms with E-state index in [-0.39, 0.29) is 0 Å². The van der Waals surface area contributed by atoms with Gasteiger partial charge in [0, 0.05) is 31.4 Å². The molecular weight excluding hydrogens is 304 g/mol. The summed E-state index contributed by atoms with van der Waals surface area (Å²) in [7, 11) is 0. The summed E-state index contributed by atoms with van der Waals surface area (Å²) in [6.45, 7) is 6.43. The molecule has 0 bridgehead atoms. The summed E-state index contributed by atoms with van der Waals surface area (Å²) in [5, 5.41) is 11.0. The van der Waals surface area contributed by atoms with Crippen molar-refractivity contribution >= 4 is 11.5 Å². The fourth-order valence-electron chi connectivity index (χ4n) is 3.11. The second kappa shape index (κ2) is 6.32. The van der Waals surface area contributed by atoms with E-state index in [2.05, 4.69) is 44.3 Å². The van der Waals surface area contributed by atoms with Crippen molar-refractivity contribution in [1.82, 2.24) is 20.2 Å². The highest BCUT2D eigenvalue weighted by atomic mass is 16.5. The number of aromatic amines is 1. The Hall–Kier alpha value is -2.28. The number of aromatic nitrogens is 4. The van der Waals surface area contributed by atoms with Crippen molar-refractivity contribution in [2.24, 2.45) is 4.99 Å². The standard InChI is InChI=1S/C17H22N6O/c1-10(2)15-21-17(23-22-15)14-13-11(9-19-14)3-6-18-16(13)20-12-4-7-24-8-5-12/h3,6,10,12H,4-5,7-9H2,1-2H3,(H,18,20)(H,21,22,23). The molecule has 2 aliphatic heterocycles. The summed E-state index contributed by atoms with van der Waals surface area (Å²) in [5.74, 6) is 2.72. The minimum atomic E-state index is 0.307. The molecule has 2 aromatic heterocycles. The Balaban J connectivity index is 1.65. The number of H-pyrrole nitrogens is 1. The molecule has 0 amide bonds. The predicted molar refractivity (Wildman–Crippen MR) is 91.5 cm³/mol. The van der Waals surface area contributed by atoms with Gasteiger partial charge in [0.2, 0.25) is 0 Å². The van der Waals surface area contributed by atoms with Crippen molar-refractivity contribution in [3.8, 4) is 0 Å². The fourth-order valence-corrected chi connectivity index (χ4v) is 3.11. The zero-order valence-electron chi connectivity index (χ0n) is 14.0. The number of nitrogens with zero attached hydrogens (tertiary/aromatic N) is 4. The van der Waals surface area contributed by atoms with Crippen molar-refractivity contribution in [2.75, 3.05) is 18.5 Å². The van der Waals surface area contributed by atoms with E-state index in [1.165, 1.54) is 5.56 Å². The van der Waals surface area contributed by atoms with Crippen LogP contribution >= 0.6 is 0 Å². The summed E-state index contributed by atoms with van der Waals surface area (Å²) < 4.78 is 5.44. The van der Waals surface area contributed by atoms with Gasteiger partial charge in [0.15, 0.2) is 5.82 Å². The van der Waals surface area contributed by atoms with Crippen molar-refractivity contribution in [1.29, 1.82) is 0 Å². The number of anilines is 1. The highest BCUT2D eigenvalue weighted by molar-refractivity contribution is 6.15. The summed E-state index contributed by atoms with van der Waals surface area (Å²) in [5.41, 5.74) is 3.04.